The molecule has 10 nitrogen and oxygen atoms in total. The van der Waals surface area contributed by atoms with Crippen molar-refractivity contribution in [3.8, 4) is 34.3 Å². The number of sulfonamides is 1. The molecule has 0 amide bonds. The van der Waals surface area contributed by atoms with E-state index in [9.17, 15) is 8.42 Å². The van der Waals surface area contributed by atoms with Crippen molar-refractivity contribution in [3.63, 3.8) is 0 Å². The van der Waals surface area contributed by atoms with E-state index in [2.05, 4.69) is 10.2 Å². The number of fused-ring (bicyclic) bond motifs is 1. The average molecular weight is 513 g/mol. The standard InChI is InChI=1S/C25H28N4O6S/c1-3-32-19-6-9-24(23(16-19)33-4-2)36(30,31)29-13-11-28(12-14-29)25-10-7-20(26-27-25)18-5-8-21-22(15-18)35-17-34-21/h5-10,15-16H,3-4,11-14,17H2,1-2H3. The van der Waals surface area contributed by atoms with Crippen molar-refractivity contribution in [2.45, 2.75) is 18.7 Å². The van der Waals surface area contributed by atoms with Crippen LogP contribution in [0.2, 0.25) is 0 Å². The van der Waals surface area contributed by atoms with Gasteiger partial charge in [-0.3, -0.25) is 0 Å². The molecule has 2 aromatic carbocycles. The second kappa shape index (κ2) is 10.2. The molecule has 1 saturated heterocycles. The summed E-state index contributed by atoms with van der Waals surface area (Å²) in [5.74, 6) is 2.99. The van der Waals surface area contributed by atoms with Crippen LogP contribution >= 0.6 is 0 Å². The van der Waals surface area contributed by atoms with Gasteiger partial charge in [-0.2, -0.15) is 4.31 Å². The highest BCUT2D eigenvalue weighted by Gasteiger charge is 2.31. The Balaban J connectivity index is 1.27. The number of anilines is 1. The zero-order valence-electron chi connectivity index (χ0n) is 20.2. The first-order chi connectivity index (χ1) is 17.5. The molecule has 0 saturated carbocycles. The fourth-order valence-corrected chi connectivity index (χ4v) is 5.76. The average Bonchev–Trinajstić information content (AvgIpc) is 3.37. The van der Waals surface area contributed by atoms with Crippen molar-refractivity contribution in [2.75, 3.05) is 51.1 Å². The van der Waals surface area contributed by atoms with Crippen LogP contribution < -0.4 is 23.8 Å². The molecule has 0 spiro atoms. The fraction of sp³-hybridized carbons (Fsp3) is 0.360. The van der Waals surface area contributed by atoms with Crippen molar-refractivity contribution in [1.29, 1.82) is 0 Å². The Morgan fingerprint density at radius 2 is 1.64 bits per heavy atom. The third-order valence-electron chi connectivity index (χ3n) is 6.03. The number of benzene rings is 2. The monoisotopic (exact) mass is 512 g/mol. The van der Waals surface area contributed by atoms with Crippen LogP contribution in [0.4, 0.5) is 5.82 Å². The molecule has 5 rings (SSSR count). The van der Waals surface area contributed by atoms with Gasteiger partial charge in [0.1, 0.15) is 16.4 Å². The second-order valence-electron chi connectivity index (χ2n) is 8.21. The molecule has 1 fully saturated rings. The Labute approximate surface area is 210 Å². The van der Waals surface area contributed by atoms with Gasteiger partial charge in [-0.15, -0.1) is 10.2 Å². The second-order valence-corrected chi connectivity index (χ2v) is 10.1. The van der Waals surface area contributed by atoms with Gasteiger partial charge in [0.15, 0.2) is 17.3 Å². The number of aromatic nitrogens is 2. The van der Waals surface area contributed by atoms with E-state index in [-0.39, 0.29) is 11.7 Å². The third-order valence-corrected chi connectivity index (χ3v) is 7.96. The van der Waals surface area contributed by atoms with Crippen LogP contribution in [-0.2, 0) is 10.0 Å². The predicted octanol–water partition coefficient (Wildman–Crippen LogP) is 3.18. The van der Waals surface area contributed by atoms with Crippen LogP contribution in [0.15, 0.2) is 53.4 Å². The Morgan fingerprint density at radius 3 is 2.36 bits per heavy atom. The van der Waals surface area contributed by atoms with Gasteiger partial charge in [-0.25, -0.2) is 8.42 Å². The molecule has 11 heteroatoms. The normalized spacial score (nSPS) is 15.7. The Hall–Kier alpha value is -3.57. The van der Waals surface area contributed by atoms with Crippen molar-refractivity contribution >= 4 is 15.8 Å². The van der Waals surface area contributed by atoms with Crippen molar-refractivity contribution in [3.05, 3.63) is 48.5 Å². The van der Waals surface area contributed by atoms with E-state index in [4.69, 9.17) is 18.9 Å². The number of ether oxygens (including phenoxy) is 4. The first-order valence-corrected chi connectivity index (χ1v) is 13.3. The maximum absolute atomic E-state index is 13.4. The van der Waals surface area contributed by atoms with Crippen molar-refractivity contribution in [1.82, 2.24) is 14.5 Å². The highest BCUT2D eigenvalue weighted by Crippen LogP contribution is 2.36. The van der Waals surface area contributed by atoms with E-state index in [1.54, 1.807) is 18.2 Å². The summed E-state index contributed by atoms with van der Waals surface area (Å²) in [4.78, 5) is 2.18. The van der Waals surface area contributed by atoms with Gasteiger partial charge in [0.05, 0.1) is 18.9 Å². The first-order valence-electron chi connectivity index (χ1n) is 11.9. The molecule has 0 aliphatic carbocycles. The minimum atomic E-state index is -3.73. The summed E-state index contributed by atoms with van der Waals surface area (Å²) < 4.78 is 50.3. The maximum Gasteiger partial charge on any atom is 0.246 e. The molecule has 3 heterocycles. The molecule has 2 aliphatic rings. The van der Waals surface area contributed by atoms with Gasteiger partial charge < -0.3 is 23.8 Å². The van der Waals surface area contributed by atoms with Gasteiger partial charge in [0.25, 0.3) is 0 Å². The number of rotatable bonds is 8. The third kappa shape index (κ3) is 4.76. The molecular weight excluding hydrogens is 484 g/mol. The molecule has 0 N–H and O–H groups in total. The molecule has 0 bridgehead atoms. The molecule has 3 aromatic rings. The molecule has 0 radical (unpaired) electrons. The smallest absolute Gasteiger partial charge is 0.246 e. The van der Waals surface area contributed by atoms with Crippen LogP contribution in [0, 0.1) is 0 Å². The number of hydrogen-bond donors (Lipinski definition) is 0. The molecule has 0 atom stereocenters. The van der Waals surface area contributed by atoms with Crippen LogP contribution in [-0.4, -0.2) is 69.1 Å². The summed E-state index contributed by atoms with van der Waals surface area (Å²) in [6, 6.07) is 14.3. The zero-order valence-corrected chi connectivity index (χ0v) is 21.0. The SMILES string of the molecule is CCOc1ccc(S(=O)(=O)N2CCN(c3ccc(-c4ccc5c(c4)OCO5)nn3)CC2)c(OCC)c1. The summed E-state index contributed by atoms with van der Waals surface area (Å²) in [7, 11) is -3.73. The van der Waals surface area contributed by atoms with Crippen LogP contribution in [0.3, 0.4) is 0 Å². The van der Waals surface area contributed by atoms with Crippen LogP contribution in [0.25, 0.3) is 11.3 Å². The zero-order chi connectivity index (χ0) is 25.1. The lowest BCUT2D eigenvalue weighted by Gasteiger charge is -2.34. The fourth-order valence-electron chi connectivity index (χ4n) is 4.23. The van der Waals surface area contributed by atoms with E-state index in [1.807, 2.05) is 49.1 Å². The van der Waals surface area contributed by atoms with Gasteiger partial charge in [0.2, 0.25) is 16.8 Å². The van der Waals surface area contributed by atoms with E-state index in [0.717, 1.165) is 17.0 Å². The number of nitrogens with zero attached hydrogens (tertiary/aromatic N) is 4. The highest BCUT2D eigenvalue weighted by molar-refractivity contribution is 7.89. The predicted molar refractivity (Wildman–Crippen MR) is 133 cm³/mol. The van der Waals surface area contributed by atoms with Gasteiger partial charge in [0, 0.05) is 37.8 Å². The van der Waals surface area contributed by atoms with Crippen LogP contribution in [0.5, 0.6) is 23.0 Å². The Bertz CT molecular complexity index is 1320. The topological polar surface area (TPSA) is 103 Å². The minimum absolute atomic E-state index is 0.147. The lowest BCUT2D eigenvalue weighted by molar-refractivity contribution is 0.174. The van der Waals surface area contributed by atoms with E-state index in [1.165, 1.54) is 4.31 Å². The van der Waals surface area contributed by atoms with E-state index >= 15 is 0 Å². The quantitative estimate of drug-likeness (QED) is 0.450. The Morgan fingerprint density at radius 1 is 0.861 bits per heavy atom. The Kier molecular flexibility index (Phi) is 6.84. The lowest BCUT2D eigenvalue weighted by atomic mass is 10.1. The molecule has 0 unspecified atom stereocenters. The summed E-state index contributed by atoms with van der Waals surface area (Å²) in [6.07, 6.45) is 0. The number of hydrogen-bond acceptors (Lipinski definition) is 9. The van der Waals surface area contributed by atoms with E-state index < -0.39 is 10.0 Å². The van der Waals surface area contributed by atoms with E-state index in [0.29, 0.717) is 62.5 Å². The van der Waals surface area contributed by atoms with Crippen molar-refractivity contribution in [2.24, 2.45) is 0 Å². The summed E-state index contributed by atoms with van der Waals surface area (Å²) in [5, 5.41) is 8.76. The molecule has 36 heavy (non-hydrogen) atoms. The first kappa shape index (κ1) is 24.1. The van der Waals surface area contributed by atoms with Crippen LogP contribution in [0.1, 0.15) is 13.8 Å². The van der Waals surface area contributed by atoms with Crippen molar-refractivity contribution < 1.29 is 27.4 Å². The molecule has 1 aromatic heterocycles. The molecule has 2 aliphatic heterocycles. The lowest BCUT2D eigenvalue weighted by Crippen LogP contribution is -2.49. The maximum atomic E-state index is 13.4. The molecule has 190 valence electrons. The minimum Gasteiger partial charge on any atom is -0.494 e. The summed E-state index contributed by atoms with van der Waals surface area (Å²) >= 11 is 0. The summed E-state index contributed by atoms with van der Waals surface area (Å²) in [5.41, 5.74) is 1.60. The van der Waals surface area contributed by atoms with Gasteiger partial charge in [-0.05, 0) is 56.3 Å². The molecular formula is C25H28N4O6S. The van der Waals surface area contributed by atoms with Gasteiger partial charge in [-0.1, -0.05) is 0 Å². The highest BCUT2D eigenvalue weighted by atomic mass is 32.2. The van der Waals surface area contributed by atoms with Gasteiger partial charge >= 0.3 is 0 Å². The number of piperazine rings is 1. The largest absolute Gasteiger partial charge is 0.494 e. The summed E-state index contributed by atoms with van der Waals surface area (Å²) in [6.45, 7) is 6.40.